The van der Waals surface area contributed by atoms with Gasteiger partial charge in [-0.05, 0) is 40.6 Å². The van der Waals surface area contributed by atoms with Crippen LogP contribution in [0.2, 0.25) is 0 Å². The van der Waals surface area contributed by atoms with E-state index < -0.39 is 0 Å². The topological polar surface area (TPSA) is 23.8 Å². The first-order valence-corrected chi connectivity index (χ1v) is 7.62. The Bertz CT molecular complexity index is 504. The Hall–Kier alpha value is -0.740. The summed E-state index contributed by atoms with van der Waals surface area (Å²) in [7, 11) is 0. The average Bonchev–Trinajstić information content (AvgIpc) is 3.06. The average molecular weight is 276 g/mol. The summed E-state index contributed by atoms with van der Waals surface area (Å²) in [6.07, 6.45) is 8.84. The van der Waals surface area contributed by atoms with E-state index in [2.05, 4.69) is 45.9 Å². The smallest absolute Gasteiger partial charge is 0.0845 e. The van der Waals surface area contributed by atoms with E-state index >= 15 is 0 Å². The van der Waals surface area contributed by atoms with E-state index in [0.717, 1.165) is 0 Å². The number of nitriles is 1. The van der Waals surface area contributed by atoms with Crippen LogP contribution >= 0.6 is 11.6 Å². The zero-order valence-electron chi connectivity index (χ0n) is 12.2. The molecule has 0 amide bonds. The molecule has 102 valence electrons. The first-order chi connectivity index (χ1) is 8.75. The zero-order valence-corrected chi connectivity index (χ0v) is 13.0. The lowest BCUT2D eigenvalue weighted by Crippen LogP contribution is -2.53. The standard InChI is InChI=1S/C17H22ClN/c1-15(2)10-16(3,4)17(15)8-13(17)11-5-6-12(9-19)14(18)7-11/h5-7,12-14H,8,10H2,1-4H3. The molecule has 3 unspecified atom stereocenters. The fourth-order valence-corrected chi connectivity index (χ4v) is 5.69. The maximum absolute atomic E-state index is 9.01. The minimum atomic E-state index is -0.164. The summed E-state index contributed by atoms with van der Waals surface area (Å²) < 4.78 is 0. The lowest BCUT2D eigenvalue weighted by atomic mass is 9.44. The summed E-state index contributed by atoms with van der Waals surface area (Å²) >= 11 is 6.30. The number of rotatable bonds is 1. The van der Waals surface area contributed by atoms with Crippen LogP contribution < -0.4 is 0 Å². The van der Waals surface area contributed by atoms with Gasteiger partial charge < -0.3 is 0 Å². The molecule has 0 aromatic heterocycles. The molecule has 0 aromatic rings. The molecule has 2 fully saturated rings. The van der Waals surface area contributed by atoms with E-state index in [9.17, 15) is 0 Å². The molecular formula is C17H22ClN. The third-order valence-corrected chi connectivity index (χ3v) is 6.40. The monoisotopic (exact) mass is 275 g/mol. The van der Waals surface area contributed by atoms with E-state index in [0.29, 0.717) is 22.2 Å². The highest BCUT2D eigenvalue weighted by Gasteiger charge is 2.76. The van der Waals surface area contributed by atoms with Gasteiger partial charge in [0.2, 0.25) is 0 Å². The summed E-state index contributed by atoms with van der Waals surface area (Å²) in [6, 6.07) is 2.25. The second kappa shape index (κ2) is 3.67. The molecule has 0 N–H and O–H groups in total. The molecule has 2 saturated carbocycles. The molecule has 19 heavy (non-hydrogen) atoms. The molecule has 0 heterocycles. The first kappa shape index (κ1) is 13.3. The van der Waals surface area contributed by atoms with Crippen LogP contribution in [0.4, 0.5) is 0 Å². The zero-order chi connectivity index (χ0) is 14.1. The van der Waals surface area contributed by atoms with Gasteiger partial charge in [-0.2, -0.15) is 5.26 Å². The number of hydrogen-bond donors (Lipinski definition) is 0. The lowest BCUT2D eigenvalue weighted by molar-refractivity contribution is -0.113. The van der Waals surface area contributed by atoms with Gasteiger partial charge in [-0.15, -0.1) is 11.6 Å². The van der Waals surface area contributed by atoms with Gasteiger partial charge in [0, 0.05) is 0 Å². The summed E-state index contributed by atoms with van der Waals surface area (Å²) in [5, 5.41) is 8.85. The Kier molecular flexibility index (Phi) is 2.56. The second-order valence-corrected chi connectivity index (χ2v) is 8.30. The highest BCUT2D eigenvalue weighted by Crippen LogP contribution is 2.84. The highest BCUT2D eigenvalue weighted by molar-refractivity contribution is 6.22. The SMILES string of the molecule is CC1(C)CC(C)(C)C12CC2C1=CC(Cl)C(C#N)C=C1. The largest absolute Gasteiger partial charge is 0.198 e. The molecular weight excluding hydrogens is 254 g/mol. The molecule has 0 bridgehead atoms. The Morgan fingerprint density at radius 3 is 2.32 bits per heavy atom. The molecule has 3 aliphatic rings. The van der Waals surface area contributed by atoms with Crippen LogP contribution in [-0.2, 0) is 0 Å². The number of hydrogen-bond acceptors (Lipinski definition) is 1. The van der Waals surface area contributed by atoms with Crippen molar-refractivity contribution in [3.63, 3.8) is 0 Å². The summed E-state index contributed by atoms with van der Waals surface area (Å²) in [4.78, 5) is 0. The van der Waals surface area contributed by atoms with E-state index in [4.69, 9.17) is 16.9 Å². The molecule has 1 nitrogen and oxygen atoms in total. The van der Waals surface area contributed by atoms with Gasteiger partial charge in [0.25, 0.3) is 0 Å². The molecule has 0 aliphatic heterocycles. The molecule has 0 saturated heterocycles. The van der Waals surface area contributed by atoms with Crippen LogP contribution in [0.1, 0.15) is 40.5 Å². The van der Waals surface area contributed by atoms with Crippen molar-refractivity contribution in [2.24, 2.45) is 28.1 Å². The van der Waals surface area contributed by atoms with Gasteiger partial charge in [-0.1, -0.05) is 45.9 Å². The molecule has 0 radical (unpaired) electrons. The van der Waals surface area contributed by atoms with Gasteiger partial charge in [-0.25, -0.2) is 0 Å². The van der Waals surface area contributed by atoms with Crippen molar-refractivity contribution in [1.29, 1.82) is 5.26 Å². The van der Waals surface area contributed by atoms with Crippen molar-refractivity contribution in [3.8, 4) is 6.07 Å². The molecule has 3 aliphatic carbocycles. The Labute approximate surface area is 121 Å². The minimum Gasteiger partial charge on any atom is -0.198 e. The number of allylic oxidation sites excluding steroid dienone is 4. The quantitative estimate of drug-likeness (QED) is 0.637. The van der Waals surface area contributed by atoms with Gasteiger partial charge >= 0.3 is 0 Å². The number of halogens is 1. The predicted octanol–water partition coefficient (Wildman–Crippen LogP) is 4.69. The lowest BCUT2D eigenvalue weighted by Gasteiger charge is -2.60. The van der Waals surface area contributed by atoms with E-state index in [1.54, 1.807) is 0 Å². The van der Waals surface area contributed by atoms with Gasteiger partial charge in [0.15, 0.2) is 0 Å². The Morgan fingerprint density at radius 2 is 1.89 bits per heavy atom. The highest BCUT2D eigenvalue weighted by atomic mass is 35.5. The van der Waals surface area contributed by atoms with Crippen LogP contribution in [0.3, 0.4) is 0 Å². The van der Waals surface area contributed by atoms with E-state index in [1.807, 2.05) is 6.08 Å². The Morgan fingerprint density at radius 1 is 1.26 bits per heavy atom. The van der Waals surface area contributed by atoms with Gasteiger partial charge in [0.1, 0.15) is 0 Å². The normalized spacial score (nSPS) is 40.2. The summed E-state index contributed by atoms with van der Waals surface area (Å²) in [5.41, 5.74) is 2.69. The first-order valence-electron chi connectivity index (χ1n) is 7.19. The molecule has 0 aromatic carbocycles. The van der Waals surface area contributed by atoms with Crippen molar-refractivity contribution in [3.05, 3.63) is 23.8 Å². The van der Waals surface area contributed by atoms with Crippen molar-refractivity contribution >= 4 is 11.6 Å². The van der Waals surface area contributed by atoms with Crippen LogP contribution in [0.25, 0.3) is 0 Å². The fraction of sp³-hybridized carbons (Fsp3) is 0.706. The fourth-order valence-electron chi connectivity index (χ4n) is 5.40. The minimum absolute atomic E-state index is 0.158. The third kappa shape index (κ3) is 1.53. The summed E-state index contributed by atoms with van der Waals surface area (Å²) in [6.45, 7) is 9.62. The van der Waals surface area contributed by atoms with Crippen LogP contribution in [0.15, 0.2) is 23.8 Å². The van der Waals surface area contributed by atoms with Crippen LogP contribution in [-0.4, -0.2) is 5.38 Å². The molecule has 1 spiro atoms. The number of nitrogens with zero attached hydrogens (tertiary/aromatic N) is 1. The molecule has 3 rings (SSSR count). The van der Waals surface area contributed by atoms with E-state index in [-0.39, 0.29) is 11.3 Å². The predicted molar refractivity (Wildman–Crippen MR) is 78.7 cm³/mol. The van der Waals surface area contributed by atoms with E-state index in [1.165, 1.54) is 18.4 Å². The van der Waals surface area contributed by atoms with Crippen molar-refractivity contribution < 1.29 is 0 Å². The van der Waals surface area contributed by atoms with Crippen molar-refractivity contribution in [2.45, 2.75) is 45.9 Å². The third-order valence-electron chi connectivity index (χ3n) is 6.00. The summed E-state index contributed by atoms with van der Waals surface area (Å²) in [5.74, 6) is 0.478. The molecule has 2 heteroatoms. The van der Waals surface area contributed by atoms with Gasteiger partial charge in [0.05, 0.1) is 17.4 Å². The Balaban J connectivity index is 1.85. The number of alkyl halides is 1. The van der Waals surface area contributed by atoms with Crippen molar-refractivity contribution in [1.82, 2.24) is 0 Å². The van der Waals surface area contributed by atoms with Crippen molar-refractivity contribution in [2.75, 3.05) is 0 Å². The molecule has 3 atom stereocenters. The van der Waals surface area contributed by atoms with Gasteiger partial charge in [-0.3, -0.25) is 0 Å². The maximum atomic E-state index is 9.01. The second-order valence-electron chi connectivity index (χ2n) is 7.80. The van der Waals surface area contributed by atoms with Crippen LogP contribution in [0.5, 0.6) is 0 Å². The maximum Gasteiger partial charge on any atom is 0.0845 e. The van der Waals surface area contributed by atoms with Crippen LogP contribution in [0, 0.1) is 39.4 Å².